The topological polar surface area (TPSA) is 58.6 Å². The summed E-state index contributed by atoms with van der Waals surface area (Å²) in [5.74, 6) is -0.174. The van der Waals surface area contributed by atoms with Crippen LogP contribution in [-0.2, 0) is 4.74 Å². The maximum absolute atomic E-state index is 12.1. The van der Waals surface area contributed by atoms with E-state index in [2.05, 4.69) is 10.1 Å². The molecule has 0 radical (unpaired) electrons. The van der Waals surface area contributed by atoms with Crippen LogP contribution in [-0.4, -0.2) is 43.1 Å². The van der Waals surface area contributed by atoms with Gasteiger partial charge in [-0.3, -0.25) is 4.79 Å². The van der Waals surface area contributed by atoms with E-state index in [4.69, 9.17) is 11.6 Å². The SMILES string of the molecule is COC(=O)N1CCC(NC(=O)c2ccccc2Cl)CC1. The Hall–Kier alpha value is -1.75. The van der Waals surface area contributed by atoms with Crippen LogP contribution >= 0.6 is 11.6 Å². The van der Waals surface area contributed by atoms with Gasteiger partial charge in [0.25, 0.3) is 5.91 Å². The number of nitrogens with zero attached hydrogens (tertiary/aromatic N) is 1. The van der Waals surface area contributed by atoms with Crippen molar-refractivity contribution in [1.82, 2.24) is 10.2 Å². The number of amides is 2. The average Bonchev–Trinajstić information content (AvgIpc) is 2.47. The molecule has 1 fully saturated rings. The Labute approximate surface area is 122 Å². The fourth-order valence-corrected chi connectivity index (χ4v) is 2.47. The van der Waals surface area contributed by atoms with Crippen LogP contribution in [0.2, 0.25) is 5.02 Å². The van der Waals surface area contributed by atoms with Crippen molar-refractivity contribution in [3.05, 3.63) is 34.9 Å². The third-order valence-corrected chi connectivity index (χ3v) is 3.71. The monoisotopic (exact) mass is 296 g/mol. The molecule has 1 saturated heterocycles. The van der Waals surface area contributed by atoms with Crippen molar-refractivity contribution in [2.24, 2.45) is 0 Å². The lowest BCUT2D eigenvalue weighted by molar-refractivity contribution is 0.0892. The number of hydrogen-bond acceptors (Lipinski definition) is 3. The van der Waals surface area contributed by atoms with Crippen LogP contribution in [0.3, 0.4) is 0 Å². The lowest BCUT2D eigenvalue weighted by Crippen LogP contribution is -2.46. The van der Waals surface area contributed by atoms with Gasteiger partial charge in [-0.2, -0.15) is 0 Å². The Kier molecular flexibility index (Phi) is 4.84. The maximum atomic E-state index is 12.1. The molecule has 0 saturated carbocycles. The number of piperidine rings is 1. The zero-order valence-corrected chi connectivity index (χ0v) is 12.0. The number of ether oxygens (including phenoxy) is 1. The van der Waals surface area contributed by atoms with E-state index in [1.807, 2.05) is 0 Å². The van der Waals surface area contributed by atoms with Crippen molar-refractivity contribution in [3.63, 3.8) is 0 Å². The highest BCUT2D eigenvalue weighted by Crippen LogP contribution is 2.16. The molecule has 0 aromatic heterocycles. The van der Waals surface area contributed by atoms with Crippen LogP contribution < -0.4 is 5.32 Å². The molecule has 20 heavy (non-hydrogen) atoms. The zero-order valence-electron chi connectivity index (χ0n) is 11.3. The average molecular weight is 297 g/mol. The Balaban J connectivity index is 1.88. The predicted octanol–water partition coefficient (Wildman–Crippen LogP) is 2.30. The van der Waals surface area contributed by atoms with Crippen molar-refractivity contribution in [2.75, 3.05) is 20.2 Å². The Morgan fingerprint density at radius 2 is 1.95 bits per heavy atom. The number of carbonyl (C=O) groups is 2. The van der Waals surface area contributed by atoms with Crippen molar-refractivity contribution < 1.29 is 14.3 Å². The molecule has 0 aliphatic carbocycles. The van der Waals surface area contributed by atoms with E-state index in [-0.39, 0.29) is 18.0 Å². The van der Waals surface area contributed by atoms with Crippen molar-refractivity contribution in [3.8, 4) is 0 Å². The summed E-state index contributed by atoms with van der Waals surface area (Å²) in [6.07, 6.45) is 1.11. The molecule has 1 aromatic carbocycles. The van der Waals surface area contributed by atoms with Crippen molar-refractivity contribution in [1.29, 1.82) is 0 Å². The minimum Gasteiger partial charge on any atom is -0.453 e. The number of rotatable bonds is 2. The van der Waals surface area contributed by atoms with Gasteiger partial charge in [0.1, 0.15) is 0 Å². The fourth-order valence-electron chi connectivity index (χ4n) is 2.24. The molecule has 0 bridgehead atoms. The van der Waals surface area contributed by atoms with Gasteiger partial charge in [0.2, 0.25) is 0 Å². The van der Waals surface area contributed by atoms with E-state index in [1.54, 1.807) is 29.2 Å². The fraction of sp³-hybridized carbons (Fsp3) is 0.429. The maximum Gasteiger partial charge on any atom is 0.409 e. The Bertz CT molecular complexity index is 499. The van der Waals surface area contributed by atoms with Gasteiger partial charge in [-0.1, -0.05) is 23.7 Å². The molecule has 0 unspecified atom stereocenters. The number of likely N-dealkylation sites (tertiary alicyclic amines) is 1. The molecular weight excluding hydrogens is 280 g/mol. The van der Waals surface area contributed by atoms with Crippen LogP contribution in [0.1, 0.15) is 23.2 Å². The van der Waals surface area contributed by atoms with Crippen LogP contribution in [0.5, 0.6) is 0 Å². The van der Waals surface area contributed by atoms with Crippen LogP contribution in [0.15, 0.2) is 24.3 Å². The minimum atomic E-state index is -0.319. The third kappa shape index (κ3) is 3.42. The van der Waals surface area contributed by atoms with E-state index in [1.165, 1.54) is 7.11 Å². The summed E-state index contributed by atoms with van der Waals surface area (Å²) < 4.78 is 4.67. The number of nitrogens with one attached hydrogen (secondary N) is 1. The molecule has 0 spiro atoms. The molecule has 2 amide bonds. The van der Waals surface area contributed by atoms with E-state index in [0.29, 0.717) is 36.5 Å². The number of methoxy groups -OCH3 is 1. The van der Waals surface area contributed by atoms with Crippen LogP contribution in [0.4, 0.5) is 4.79 Å². The lowest BCUT2D eigenvalue weighted by Gasteiger charge is -2.31. The molecule has 1 heterocycles. The second-order valence-electron chi connectivity index (χ2n) is 4.68. The highest BCUT2D eigenvalue weighted by atomic mass is 35.5. The van der Waals surface area contributed by atoms with E-state index >= 15 is 0 Å². The van der Waals surface area contributed by atoms with Crippen molar-refractivity contribution >= 4 is 23.6 Å². The molecule has 1 aliphatic rings. The number of hydrogen-bond donors (Lipinski definition) is 1. The van der Waals surface area contributed by atoms with Gasteiger partial charge in [-0.25, -0.2) is 4.79 Å². The molecule has 6 heteroatoms. The lowest BCUT2D eigenvalue weighted by atomic mass is 10.0. The molecule has 5 nitrogen and oxygen atoms in total. The van der Waals surface area contributed by atoms with E-state index in [9.17, 15) is 9.59 Å². The first-order chi connectivity index (χ1) is 9.61. The third-order valence-electron chi connectivity index (χ3n) is 3.38. The van der Waals surface area contributed by atoms with Gasteiger partial charge in [0, 0.05) is 19.1 Å². The van der Waals surface area contributed by atoms with Crippen LogP contribution in [0.25, 0.3) is 0 Å². The summed E-state index contributed by atoms with van der Waals surface area (Å²) in [5.41, 5.74) is 0.476. The molecule has 0 atom stereocenters. The molecule has 108 valence electrons. The predicted molar refractivity (Wildman–Crippen MR) is 75.9 cm³/mol. The largest absolute Gasteiger partial charge is 0.453 e. The summed E-state index contributed by atoms with van der Waals surface area (Å²) in [6, 6.07) is 7.01. The van der Waals surface area contributed by atoms with Gasteiger partial charge < -0.3 is 15.0 Å². The van der Waals surface area contributed by atoms with Gasteiger partial charge in [0.05, 0.1) is 17.7 Å². The molecule has 1 aliphatic heterocycles. The van der Waals surface area contributed by atoms with E-state index < -0.39 is 0 Å². The van der Waals surface area contributed by atoms with Gasteiger partial charge in [-0.15, -0.1) is 0 Å². The summed E-state index contributed by atoms with van der Waals surface area (Å²) >= 11 is 5.99. The Morgan fingerprint density at radius 3 is 2.55 bits per heavy atom. The smallest absolute Gasteiger partial charge is 0.409 e. The summed E-state index contributed by atoms with van der Waals surface area (Å²) in [4.78, 5) is 25.1. The molecular formula is C14H17ClN2O3. The van der Waals surface area contributed by atoms with Gasteiger partial charge in [0.15, 0.2) is 0 Å². The highest BCUT2D eigenvalue weighted by Gasteiger charge is 2.24. The van der Waals surface area contributed by atoms with Gasteiger partial charge in [-0.05, 0) is 25.0 Å². The first-order valence-corrected chi connectivity index (χ1v) is 6.88. The summed E-state index contributed by atoms with van der Waals surface area (Å²) in [7, 11) is 1.37. The second-order valence-corrected chi connectivity index (χ2v) is 5.09. The first-order valence-electron chi connectivity index (χ1n) is 6.50. The molecule has 2 rings (SSSR count). The van der Waals surface area contributed by atoms with E-state index in [0.717, 1.165) is 0 Å². The highest BCUT2D eigenvalue weighted by molar-refractivity contribution is 6.33. The second kappa shape index (κ2) is 6.61. The molecule has 1 aromatic rings. The van der Waals surface area contributed by atoms with Crippen molar-refractivity contribution in [2.45, 2.75) is 18.9 Å². The molecule has 1 N–H and O–H groups in total. The van der Waals surface area contributed by atoms with Crippen LogP contribution in [0, 0.1) is 0 Å². The number of carbonyl (C=O) groups excluding carboxylic acids is 2. The summed E-state index contributed by atoms with van der Waals surface area (Å²) in [6.45, 7) is 1.17. The minimum absolute atomic E-state index is 0.0553. The first kappa shape index (κ1) is 14.7. The quantitative estimate of drug-likeness (QED) is 0.911. The number of halogens is 1. The zero-order chi connectivity index (χ0) is 14.5. The Morgan fingerprint density at radius 1 is 1.30 bits per heavy atom. The number of benzene rings is 1. The van der Waals surface area contributed by atoms with Gasteiger partial charge >= 0.3 is 6.09 Å². The standard InChI is InChI=1S/C14H17ClN2O3/c1-20-14(19)17-8-6-10(7-9-17)16-13(18)11-4-2-3-5-12(11)15/h2-5,10H,6-9H2,1H3,(H,16,18). The normalized spacial score (nSPS) is 15.8. The summed E-state index contributed by atoms with van der Waals surface area (Å²) in [5, 5.41) is 3.39.